The summed E-state index contributed by atoms with van der Waals surface area (Å²) >= 11 is 0. The van der Waals surface area contributed by atoms with Crippen LogP contribution >= 0.6 is 8.24 Å². The zero-order valence-corrected chi connectivity index (χ0v) is 18.0. The summed E-state index contributed by atoms with van der Waals surface area (Å²) in [4.78, 5) is 0. The second-order valence-electron chi connectivity index (χ2n) is 7.58. The van der Waals surface area contributed by atoms with Crippen molar-refractivity contribution in [3.05, 3.63) is 103 Å². The normalized spacial score (nSPS) is 11.4. The molecule has 0 aliphatic rings. The number of aliphatic hydroxyl groups is 1. The lowest BCUT2D eigenvalue weighted by Gasteiger charge is -2.06. The van der Waals surface area contributed by atoms with Gasteiger partial charge in [-0.1, -0.05) is 78.9 Å². The number of aliphatic hydroxyl groups excluding tert-OH is 1. The van der Waals surface area contributed by atoms with Crippen molar-refractivity contribution in [2.24, 2.45) is 0 Å². The van der Waals surface area contributed by atoms with Crippen LogP contribution in [0.4, 0.5) is 0 Å². The summed E-state index contributed by atoms with van der Waals surface area (Å²) in [7, 11) is -1.79. The molecule has 0 amide bonds. The van der Waals surface area contributed by atoms with Crippen molar-refractivity contribution in [2.45, 2.75) is 6.61 Å². The number of benzene rings is 5. The molecule has 0 bridgehead atoms. The van der Waals surface area contributed by atoms with Crippen molar-refractivity contribution in [1.82, 2.24) is 0 Å². The molecule has 0 atom stereocenters. The van der Waals surface area contributed by atoms with E-state index in [1.807, 2.05) is 60.7 Å². The molecule has 5 aromatic carbocycles. The zero-order chi connectivity index (χ0) is 21.5. The number of para-hydroxylation sites is 1. The molecule has 0 unspecified atom stereocenters. The summed E-state index contributed by atoms with van der Waals surface area (Å²) in [6.45, 7) is -0.123. The van der Waals surface area contributed by atoms with Gasteiger partial charge in [0.1, 0.15) is 16.9 Å². The molecule has 1 heterocycles. The predicted molar refractivity (Wildman–Crippen MR) is 130 cm³/mol. The molecule has 0 fully saturated rings. The number of hydrogen-bond donors (Lipinski definition) is 1. The molecule has 6 rings (SSSR count). The van der Waals surface area contributed by atoms with Gasteiger partial charge in [-0.15, -0.1) is 0 Å². The Bertz CT molecular complexity index is 1550. The second kappa shape index (κ2) is 7.76. The Hall–Kier alpha value is -3.72. The molecule has 6 aromatic rings. The topological polar surface area (TPSA) is 55.7 Å². The minimum absolute atomic E-state index is 0.123. The monoisotopic (exact) mass is 438 g/mol. The van der Waals surface area contributed by atoms with Crippen molar-refractivity contribution >= 4 is 51.7 Å². The van der Waals surface area contributed by atoms with Gasteiger partial charge in [0.2, 0.25) is 0 Å². The largest absolute Gasteiger partial charge is 0.453 e. The van der Waals surface area contributed by atoms with Crippen molar-refractivity contribution in [3.63, 3.8) is 0 Å². The van der Waals surface area contributed by atoms with E-state index < -0.39 is 8.24 Å². The Kier molecular flexibility index (Phi) is 4.61. The van der Waals surface area contributed by atoms with E-state index >= 15 is 0 Å². The first-order chi connectivity index (χ1) is 15.8. The van der Waals surface area contributed by atoms with Crippen molar-refractivity contribution in [3.8, 4) is 5.75 Å². The van der Waals surface area contributed by atoms with E-state index in [-0.39, 0.29) is 6.61 Å². The van der Waals surface area contributed by atoms with Gasteiger partial charge < -0.3 is 18.0 Å². The highest BCUT2D eigenvalue weighted by atomic mass is 31.1. The van der Waals surface area contributed by atoms with E-state index in [1.165, 1.54) is 0 Å². The predicted octanol–water partition coefficient (Wildman–Crippen LogP) is 7.93. The van der Waals surface area contributed by atoms with Gasteiger partial charge in [0.25, 0.3) is 0 Å². The molecule has 0 radical (unpaired) electrons. The Balaban J connectivity index is 1.76. The fraction of sp³-hybridized carbons (Fsp3) is 0.0370. The molecule has 0 saturated heterocycles. The lowest BCUT2D eigenvalue weighted by Crippen LogP contribution is -1.88. The number of hydrogen-bond acceptors (Lipinski definition) is 4. The van der Waals surface area contributed by atoms with Crippen LogP contribution < -0.4 is 4.52 Å². The highest BCUT2D eigenvalue weighted by Crippen LogP contribution is 2.42. The third kappa shape index (κ3) is 3.13. The van der Waals surface area contributed by atoms with E-state index in [9.17, 15) is 5.11 Å². The number of fused-ring (bicyclic) bond motifs is 7. The van der Waals surface area contributed by atoms with Gasteiger partial charge >= 0.3 is 8.24 Å². The first-order valence-corrected chi connectivity index (χ1v) is 11.5. The third-order valence-corrected chi connectivity index (χ3v) is 6.73. The van der Waals surface area contributed by atoms with Crippen molar-refractivity contribution < 1.29 is 18.0 Å². The molecule has 0 aliphatic heterocycles. The highest BCUT2D eigenvalue weighted by Gasteiger charge is 2.14. The van der Waals surface area contributed by atoms with Crippen LogP contribution in [0.15, 0.2) is 105 Å². The van der Waals surface area contributed by atoms with Crippen LogP contribution in [-0.2, 0) is 6.61 Å². The molecule has 0 saturated carbocycles. The van der Waals surface area contributed by atoms with Gasteiger partial charge in [0.05, 0.1) is 6.61 Å². The average Bonchev–Trinajstić information content (AvgIpc) is 3.01. The summed E-state index contributed by atoms with van der Waals surface area (Å²) in [5.74, 6) is 0.549. The number of rotatable bonds is 3. The molecular weight excluding hydrogens is 419 g/mol. The molecule has 4 nitrogen and oxygen atoms in total. The highest BCUT2D eigenvalue weighted by molar-refractivity contribution is 7.32. The molecule has 5 heteroatoms. The van der Waals surface area contributed by atoms with Crippen LogP contribution in [0.25, 0.3) is 43.5 Å². The summed E-state index contributed by atoms with van der Waals surface area (Å²) in [5.41, 5.74) is 2.11. The van der Waals surface area contributed by atoms with Crippen LogP contribution in [0, 0.1) is 0 Å². The SMILES string of the molecule is OCc1ccccc1Op1oc2ccc3ccccc3c2c2c(ccc3ccccc32)o1. The first-order valence-electron chi connectivity index (χ1n) is 10.4. The van der Waals surface area contributed by atoms with Crippen LogP contribution in [0.2, 0.25) is 0 Å². The van der Waals surface area contributed by atoms with Gasteiger partial charge in [-0.25, -0.2) is 0 Å². The summed E-state index contributed by atoms with van der Waals surface area (Å²) < 4.78 is 18.8. The summed E-state index contributed by atoms with van der Waals surface area (Å²) in [6.07, 6.45) is 0. The smallest absolute Gasteiger partial charge is 0.392 e. The summed E-state index contributed by atoms with van der Waals surface area (Å²) in [5, 5.41) is 16.2. The Morgan fingerprint density at radius 2 is 1.16 bits per heavy atom. The van der Waals surface area contributed by atoms with E-state index in [0.717, 1.165) is 32.3 Å². The van der Waals surface area contributed by atoms with Gasteiger partial charge in [-0.05, 0) is 39.7 Å². The third-order valence-electron chi connectivity index (χ3n) is 5.69. The second-order valence-corrected chi connectivity index (χ2v) is 8.58. The van der Waals surface area contributed by atoms with Crippen LogP contribution in [-0.4, -0.2) is 5.11 Å². The van der Waals surface area contributed by atoms with E-state index in [2.05, 4.69) is 36.4 Å². The van der Waals surface area contributed by atoms with Crippen LogP contribution in [0.5, 0.6) is 5.75 Å². The molecule has 1 aromatic heterocycles. The van der Waals surface area contributed by atoms with Crippen LogP contribution in [0.1, 0.15) is 5.56 Å². The van der Waals surface area contributed by atoms with E-state index in [4.69, 9.17) is 12.9 Å². The maximum Gasteiger partial charge on any atom is 0.453 e. The fourth-order valence-electron chi connectivity index (χ4n) is 4.19. The van der Waals surface area contributed by atoms with Gasteiger partial charge in [0, 0.05) is 16.3 Å². The maximum absolute atomic E-state index is 9.70. The molecule has 0 spiro atoms. The minimum atomic E-state index is -1.79. The molecule has 156 valence electrons. The van der Waals surface area contributed by atoms with Crippen molar-refractivity contribution in [1.29, 1.82) is 0 Å². The Morgan fingerprint density at radius 1 is 0.625 bits per heavy atom. The van der Waals surface area contributed by atoms with Crippen LogP contribution in [0.3, 0.4) is 0 Å². The molecule has 1 N–H and O–H groups in total. The zero-order valence-electron chi connectivity index (χ0n) is 17.1. The first kappa shape index (κ1) is 19.0. The van der Waals surface area contributed by atoms with E-state index in [0.29, 0.717) is 22.5 Å². The van der Waals surface area contributed by atoms with Crippen molar-refractivity contribution in [2.75, 3.05) is 0 Å². The molecule has 32 heavy (non-hydrogen) atoms. The van der Waals surface area contributed by atoms with Gasteiger partial charge in [-0.3, -0.25) is 0 Å². The average molecular weight is 438 g/mol. The lowest BCUT2D eigenvalue weighted by atomic mass is 9.99. The molecule has 0 aliphatic carbocycles. The maximum atomic E-state index is 9.70. The minimum Gasteiger partial charge on any atom is -0.392 e. The van der Waals surface area contributed by atoms with Gasteiger partial charge in [0.15, 0.2) is 0 Å². The lowest BCUT2D eigenvalue weighted by molar-refractivity contribution is 0.278. The quantitative estimate of drug-likeness (QED) is 0.305. The fourth-order valence-corrected chi connectivity index (χ4v) is 5.27. The standard InChI is InChI=1S/C27H19O4P/c28-17-20-9-3-6-12-23(20)29-32-30-24-15-13-18-7-1-4-10-21(18)26(24)27-22-11-5-2-8-19(22)14-16-25(27)31-32/h1-16,28H,17H2. The molecular formula is C27H19O4P. The summed E-state index contributed by atoms with van der Waals surface area (Å²) in [6, 6.07) is 32.0. The Labute approximate surface area is 184 Å². The van der Waals surface area contributed by atoms with Gasteiger partial charge in [-0.2, -0.15) is 0 Å². The Morgan fingerprint density at radius 3 is 1.75 bits per heavy atom. The van der Waals surface area contributed by atoms with E-state index in [1.54, 1.807) is 0 Å².